The highest BCUT2D eigenvalue weighted by molar-refractivity contribution is 6.36. The minimum Gasteiger partial charge on any atom is -0.0837 e. The lowest BCUT2D eigenvalue weighted by molar-refractivity contribution is 0.645. The number of hydrogen-bond donors (Lipinski definition) is 0. The fraction of sp³-hybridized carbons (Fsp3) is 0.263. The molecule has 2 aromatic carbocycles. The Bertz CT molecular complexity index is 765. The number of aryl methyl sites for hydroxylation is 1. The van der Waals surface area contributed by atoms with E-state index in [0.717, 1.165) is 11.4 Å². The van der Waals surface area contributed by atoms with Crippen LogP contribution in [0.3, 0.4) is 0 Å². The van der Waals surface area contributed by atoms with E-state index in [0.29, 0.717) is 5.92 Å². The SMILES string of the molecule is C[C@@H]1CC=CC2=C1CCc1c2ccc2cccc(Cl)c12. The molecule has 0 N–H and O–H groups in total. The molecule has 0 aliphatic heterocycles. The lowest BCUT2D eigenvalue weighted by atomic mass is 9.76. The first-order valence-corrected chi connectivity index (χ1v) is 7.73. The van der Waals surface area contributed by atoms with Crippen LogP contribution in [0.2, 0.25) is 5.02 Å². The standard InChI is InChI=1S/C19H17Cl/c1-12-4-2-6-15-14(12)10-11-17-16(15)9-8-13-5-3-7-18(20)19(13)17/h2-3,5-9,12H,4,10-11H2,1H3/t12-/m1/s1. The summed E-state index contributed by atoms with van der Waals surface area (Å²) in [7, 11) is 0. The van der Waals surface area contributed by atoms with E-state index < -0.39 is 0 Å². The van der Waals surface area contributed by atoms with Crippen LogP contribution in [0.25, 0.3) is 16.3 Å². The molecule has 0 saturated heterocycles. The summed E-state index contributed by atoms with van der Waals surface area (Å²) in [5.41, 5.74) is 5.92. The van der Waals surface area contributed by atoms with Gasteiger partial charge in [-0.1, -0.05) is 60.5 Å². The van der Waals surface area contributed by atoms with Gasteiger partial charge in [-0.05, 0) is 53.3 Å². The molecule has 20 heavy (non-hydrogen) atoms. The summed E-state index contributed by atoms with van der Waals surface area (Å²) in [6, 6.07) is 10.7. The Hall–Kier alpha value is -1.53. The van der Waals surface area contributed by atoms with E-state index in [1.807, 2.05) is 12.1 Å². The largest absolute Gasteiger partial charge is 0.0837 e. The highest BCUT2D eigenvalue weighted by Crippen LogP contribution is 2.43. The Kier molecular flexibility index (Phi) is 2.75. The second kappa shape index (κ2) is 4.49. The Morgan fingerprint density at radius 2 is 2.00 bits per heavy atom. The minimum absolute atomic E-state index is 0.685. The number of halogens is 1. The molecule has 0 nitrogen and oxygen atoms in total. The van der Waals surface area contributed by atoms with Gasteiger partial charge in [-0.2, -0.15) is 0 Å². The molecule has 0 fully saturated rings. The quantitative estimate of drug-likeness (QED) is 0.573. The Morgan fingerprint density at radius 1 is 1.10 bits per heavy atom. The van der Waals surface area contributed by atoms with E-state index >= 15 is 0 Å². The molecular formula is C19H17Cl. The monoisotopic (exact) mass is 280 g/mol. The first-order chi connectivity index (χ1) is 9.75. The summed E-state index contributed by atoms with van der Waals surface area (Å²) >= 11 is 6.46. The summed E-state index contributed by atoms with van der Waals surface area (Å²) in [5, 5.41) is 3.40. The van der Waals surface area contributed by atoms with Gasteiger partial charge < -0.3 is 0 Å². The van der Waals surface area contributed by atoms with Gasteiger partial charge in [0.2, 0.25) is 0 Å². The van der Waals surface area contributed by atoms with Gasteiger partial charge in [0.1, 0.15) is 0 Å². The lowest BCUT2D eigenvalue weighted by Gasteiger charge is -2.29. The molecule has 0 unspecified atom stereocenters. The average Bonchev–Trinajstić information content (AvgIpc) is 2.47. The van der Waals surface area contributed by atoms with Crippen molar-refractivity contribution in [3.05, 3.63) is 64.2 Å². The van der Waals surface area contributed by atoms with Crippen LogP contribution >= 0.6 is 11.6 Å². The van der Waals surface area contributed by atoms with Crippen LogP contribution in [0.1, 0.15) is 30.9 Å². The van der Waals surface area contributed by atoms with Gasteiger partial charge in [-0.3, -0.25) is 0 Å². The smallest absolute Gasteiger partial charge is 0.0487 e. The van der Waals surface area contributed by atoms with E-state index in [1.54, 1.807) is 5.57 Å². The molecule has 100 valence electrons. The van der Waals surface area contributed by atoms with Gasteiger partial charge in [0, 0.05) is 10.4 Å². The van der Waals surface area contributed by atoms with E-state index in [2.05, 4.69) is 37.3 Å². The van der Waals surface area contributed by atoms with E-state index in [-0.39, 0.29) is 0 Å². The average molecular weight is 281 g/mol. The van der Waals surface area contributed by atoms with Gasteiger partial charge in [-0.15, -0.1) is 0 Å². The summed E-state index contributed by atoms with van der Waals surface area (Å²) < 4.78 is 0. The molecule has 4 rings (SSSR count). The van der Waals surface area contributed by atoms with Crippen LogP contribution in [0, 0.1) is 5.92 Å². The lowest BCUT2D eigenvalue weighted by Crippen LogP contribution is -2.12. The number of benzene rings is 2. The van der Waals surface area contributed by atoms with Gasteiger partial charge in [0.25, 0.3) is 0 Å². The molecule has 0 saturated carbocycles. The molecule has 0 amide bonds. The molecule has 0 spiro atoms. The number of allylic oxidation sites excluding steroid dienone is 4. The Labute approximate surface area is 124 Å². The predicted molar refractivity (Wildman–Crippen MR) is 87.1 cm³/mol. The van der Waals surface area contributed by atoms with Crippen LogP contribution in [0.5, 0.6) is 0 Å². The van der Waals surface area contributed by atoms with Crippen LogP contribution < -0.4 is 0 Å². The maximum Gasteiger partial charge on any atom is 0.0487 e. The molecule has 0 aromatic heterocycles. The zero-order chi connectivity index (χ0) is 13.7. The second-order valence-corrected chi connectivity index (χ2v) is 6.31. The third kappa shape index (κ3) is 1.68. The van der Waals surface area contributed by atoms with Crippen LogP contribution in [-0.2, 0) is 6.42 Å². The molecule has 1 heteroatoms. The minimum atomic E-state index is 0.685. The number of fused-ring (bicyclic) bond motifs is 4. The third-order valence-electron chi connectivity index (χ3n) is 4.75. The summed E-state index contributed by atoms with van der Waals surface area (Å²) in [5.74, 6) is 0.685. The van der Waals surface area contributed by atoms with E-state index in [1.165, 1.54) is 40.3 Å². The van der Waals surface area contributed by atoms with Crippen molar-refractivity contribution >= 4 is 27.9 Å². The molecule has 2 aliphatic rings. The predicted octanol–water partition coefficient (Wildman–Crippen LogP) is 5.79. The zero-order valence-electron chi connectivity index (χ0n) is 11.6. The summed E-state index contributed by atoms with van der Waals surface area (Å²) in [6.07, 6.45) is 8.11. The van der Waals surface area contributed by atoms with Gasteiger partial charge in [0.05, 0.1) is 0 Å². The Morgan fingerprint density at radius 3 is 2.90 bits per heavy atom. The molecule has 2 aliphatic carbocycles. The molecular weight excluding hydrogens is 264 g/mol. The van der Waals surface area contributed by atoms with E-state index in [9.17, 15) is 0 Å². The first kappa shape index (κ1) is 12.2. The number of rotatable bonds is 0. The highest BCUT2D eigenvalue weighted by atomic mass is 35.5. The van der Waals surface area contributed by atoms with Crippen molar-refractivity contribution in [1.29, 1.82) is 0 Å². The van der Waals surface area contributed by atoms with Crippen molar-refractivity contribution in [3.8, 4) is 0 Å². The number of hydrogen-bond acceptors (Lipinski definition) is 0. The molecule has 0 radical (unpaired) electrons. The van der Waals surface area contributed by atoms with Gasteiger partial charge in [-0.25, -0.2) is 0 Å². The molecule has 0 heterocycles. The van der Waals surface area contributed by atoms with Gasteiger partial charge in [0.15, 0.2) is 0 Å². The summed E-state index contributed by atoms with van der Waals surface area (Å²) in [4.78, 5) is 0. The van der Waals surface area contributed by atoms with Crippen molar-refractivity contribution in [3.63, 3.8) is 0 Å². The third-order valence-corrected chi connectivity index (χ3v) is 5.07. The van der Waals surface area contributed by atoms with Crippen LogP contribution in [0.4, 0.5) is 0 Å². The topological polar surface area (TPSA) is 0 Å². The second-order valence-electron chi connectivity index (χ2n) is 5.91. The highest BCUT2D eigenvalue weighted by Gasteiger charge is 2.24. The fourth-order valence-corrected chi connectivity index (χ4v) is 4.02. The maximum atomic E-state index is 6.46. The Balaban J connectivity index is 2.04. The first-order valence-electron chi connectivity index (χ1n) is 7.36. The van der Waals surface area contributed by atoms with Crippen molar-refractivity contribution in [1.82, 2.24) is 0 Å². The summed E-state index contributed by atoms with van der Waals surface area (Å²) in [6.45, 7) is 2.35. The van der Waals surface area contributed by atoms with Crippen LogP contribution in [-0.4, -0.2) is 0 Å². The maximum absolute atomic E-state index is 6.46. The normalized spacial score (nSPS) is 21.0. The molecule has 1 atom stereocenters. The van der Waals surface area contributed by atoms with Crippen molar-refractivity contribution in [2.24, 2.45) is 5.92 Å². The van der Waals surface area contributed by atoms with Crippen molar-refractivity contribution in [2.45, 2.75) is 26.2 Å². The van der Waals surface area contributed by atoms with Crippen LogP contribution in [0.15, 0.2) is 48.1 Å². The molecule has 2 aromatic rings. The fourth-order valence-electron chi connectivity index (χ4n) is 3.73. The molecule has 0 bridgehead atoms. The zero-order valence-corrected chi connectivity index (χ0v) is 12.4. The van der Waals surface area contributed by atoms with Crippen molar-refractivity contribution < 1.29 is 0 Å². The van der Waals surface area contributed by atoms with E-state index in [4.69, 9.17) is 11.6 Å². The van der Waals surface area contributed by atoms with Gasteiger partial charge >= 0.3 is 0 Å². The van der Waals surface area contributed by atoms with Crippen molar-refractivity contribution in [2.75, 3.05) is 0 Å².